The Hall–Kier alpha value is -3.54. The van der Waals surface area contributed by atoms with Gasteiger partial charge >= 0.3 is 0 Å². The highest BCUT2D eigenvalue weighted by atomic mass is 16.3. The van der Waals surface area contributed by atoms with E-state index in [1.807, 2.05) is 36.4 Å². The van der Waals surface area contributed by atoms with Crippen molar-refractivity contribution in [3.8, 4) is 11.4 Å². The van der Waals surface area contributed by atoms with E-state index in [1.54, 1.807) is 12.1 Å². The summed E-state index contributed by atoms with van der Waals surface area (Å²) in [6.07, 6.45) is 3.59. The van der Waals surface area contributed by atoms with Gasteiger partial charge in [-0.25, -0.2) is 0 Å². The Bertz CT molecular complexity index is 1190. The molecule has 0 aliphatic heterocycles. The summed E-state index contributed by atoms with van der Waals surface area (Å²) in [6, 6.07) is 15.5. The maximum absolute atomic E-state index is 13.0. The quantitative estimate of drug-likeness (QED) is 0.603. The number of benzene rings is 2. The molecule has 0 unspecified atom stereocenters. The molecule has 1 N–H and O–H groups in total. The Morgan fingerprint density at radius 2 is 1.96 bits per heavy atom. The molecule has 0 spiro atoms. The number of H-pyrrole nitrogens is 1. The lowest BCUT2D eigenvalue weighted by Gasteiger charge is -2.05. The molecule has 6 heteroatoms. The van der Waals surface area contributed by atoms with Crippen LogP contribution in [0.2, 0.25) is 0 Å². The molecular formula is C20H14N4O2. The van der Waals surface area contributed by atoms with E-state index in [0.717, 1.165) is 28.7 Å². The predicted octanol–water partition coefficient (Wildman–Crippen LogP) is 3.46. The Morgan fingerprint density at radius 1 is 1.08 bits per heavy atom. The van der Waals surface area contributed by atoms with Gasteiger partial charge in [-0.3, -0.25) is 4.79 Å². The Kier molecular flexibility index (Phi) is 3.28. The van der Waals surface area contributed by atoms with E-state index in [2.05, 4.69) is 26.7 Å². The van der Waals surface area contributed by atoms with Crippen LogP contribution in [0.3, 0.4) is 0 Å². The smallest absolute Gasteiger partial charge is 0.204 e. The highest BCUT2D eigenvalue weighted by molar-refractivity contribution is 5.88. The maximum atomic E-state index is 13.0. The minimum atomic E-state index is 0.0167. The largest absolute Gasteiger partial charge is 0.456 e. The van der Waals surface area contributed by atoms with E-state index in [4.69, 9.17) is 4.42 Å². The average molecular weight is 342 g/mol. The third-order valence-corrected chi connectivity index (χ3v) is 4.66. The molecule has 1 aliphatic rings. The highest BCUT2D eigenvalue weighted by Gasteiger charge is 2.24. The van der Waals surface area contributed by atoms with Crippen molar-refractivity contribution < 1.29 is 4.42 Å². The van der Waals surface area contributed by atoms with Crippen molar-refractivity contribution in [1.82, 2.24) is 20.6 Å². The van der Waals surface area contributed by atoms with E-state index in [0.29, 0.717) is 29.0 Å². The number of tetrazole rings is 1. The summed E-state index contributed by atoms with van der Waals surface area (Å²) in [4.78, 5) is 13.0. The van der Waals surface area contributed by atoms with Gasteiger partial charge in [-0.15, -0.1) is 10.2 Å². The van der Waals surface area contributed by atoms with Gasteiger partial charge < -0.3 is 4.42 Å². The lowest BCUT2D eigenvalue weighted by Crippen LogP contribution is -2.08. The van der Waals surface area contributed by atoms with Gasteiger partial charge in [-0.05, 0) is 53.5 Å². The van der Waals surface area contributed by atoms with E-state index < -0.39 is 0 Å². The van der Waals surface area contributed by atoms with Crippen LogP contribution in [-0.2, 0) is 6.42 Å². The number of aromatic nitrogens is 4. The summed E-state index contributed by atoms with van der Waals surface area (Å²) in [5.74, 6) is 1.16. The molecule has 0 radical (unpaired) electrons. The lowest BCUT2D eigenvalue weighted by atomic mass is 10.1. The van der Waals surface area contributed by atoms with Crippen molar-refractivity contribution in [1.29, 1.82) is 0 Å². The topological polar surface area (TPSA) is 84.7 Å². The number of nitrogens with zero attached hydrogens (tertiary/aromatic N) is 3. The fourth-order valence-electron chi connectivity index (χ4n) is 3.40. The molecule has 0 saturated carbocycles. The number of aromatic amines is 1. The Labute approximate surface area is 148 Å². The predicted molar refractivity (Wildman–Crippen MR) is 98.3 cm³/mol. The Balaban J connectivity index is 1.67. The van der Waals surface area contributed by atoms with E-state index in [9.17, 15) is 4.79 Å². The third-order valence-electron chi connectivity index (χ3n) is 4.66. The van der Waals surface area contributed by atoms with Gasteiger partial charge in [0.05, 0.1) is 5.39 Å². The number of hydrogen-bond acceptors (Lipinski definition) is 5. The van der Waals surface area contributed by atoms with Crippen molar-refractivity contribution in [2.45, 2.75) is 12.8 Å². The molecule has 2 heterocycles. The van der Waals surface area contributed by atoms with Gasteiger partial charge in [0.2, 0.25) is 5.82 Å². The van der Waals surface area contributed by atoms with Gasteiger partial charge in [0.1, 0.15) is 11.3 Å². The second kappa shape index (κ2) is 5.77. The first kappa shape index (κ1) is 14.8. The van der Waals surface area contributed by atoms with Crippen LogP contribution in [0.1, 0.15) is 23.3 Å². The summed E-state index contributed by atoms with van der Waals surface area (Å²) < 4.78 is 6.11. The molecule has 0 fully saturated rings. The summed E-state index contributed by atoms with van der Waals surface area (Å²) in [6.45, 7) is 0. The monoisotopic (exact) mass is 342 g/mol. The Morgan fingerprint density at radius 3 is 2.77 bits per heavy atom. The fraction of sp³-hybridized carbons (Fsp3) is 0.100. The zero-order valence-electron chi connectivity index (χ0n) is 13.8. The summed E-state index contributed by atoms with van der Waals surface area (Å²) >= 11 is 0. The molecule has 2 aromatic carbocycles. The lowest BCUT2D eigenvalue weighted by molar-refractivity contribution is 0.585. The summed E-state index contributed by atoms with van der Waals surface area (Å²) in [5.41, 5.74) is 4.23. The normalized spacial score (nSPS) is 14.8. The molecule has 0 bridgehead atoms. The van der Waals surface area contributed by atoms with Crippen LogP contribution >= 0.6 is 0 Å². The van der Waals surface area contributed by atoms with Crippen LogP contribution in [0.4, 0.5) is 0 Å². The first-order valence-electron chi connectivity index (χ1n) is 8.39. The standard InChI is InChI=1S/C20H14N4O2/c25-18-15-8-6-13(10-12-4-2-1-3-5-12)19(15)26-17-9-7-14(11-16(17)18)20-21-23-24-22-20/h1-5,7,9-11H,6,8H2,(H,21,22,23,24). The molecule has 4 aromatic rings. The minimum absolute atomic E-state index is 0.0167. The van der Waals surface area contributed by atoms with Crippen LogP contribution in [0.15, 0.2) is 57.7 Å². The summed E-state index contributed by atoms with van der Waals surface area (Å²) in [5, 5.41) is 14.5. The molecule has 1 aliphatic carbocycles. The molecular weight excluding hydrogens is 328 g/mol. The molecule has 0 atom stereocenters. The van der Waals surface area contributed by atoms with E-state index >= 15 is 0 Å². The molecule has 6 nitrogen and oxygen atoms in total. The zero-order chi connectivity index (χ0) is 17.5. The summed E-state index contributed by atoms with van der Waals surface area (Å²) in [7, 11) is 0. The van der Waals surface area contributed by atoms with Gasteiger partial charge in [0, 0.05) is 11.1 Å². The van der Waals surface area contributed by atoms with Crippen LogP contribution in [0.25, 0.3) is 34.0 Å². The number of rotatable bonds is 2. The first-order chi connectivity index (χ1) is 12.8. The minimum Gasteiger partial charge on any atom is -0.456 e. The number of fused-ring (bicyclic) bond motifs is 2. The van der Waals surface area contributed by atoms with E-state index in [1.165, 1.54) is 0 Å². The number of nitrogens with one attached hydrogen (secondary N) is 1. The van der Waals surface area contributed by atoms with Crippen LogP contribution in [-0.4, -0.2) is 20.6 Å². The SMILES string of the molecule is O=c1c2c(oc3ccc(-c4nn[nH]n4)cc13)C(=Cc1ccccc1)CC2. The van der Waals surface area contributed by atoms with Gasteiger partial charge in [0.25, 0.3) is 0 Å². The molecule has 2 aromatic heterocycles. The van der Waals surface area contributed by atoms with Gasteiger partial charge in [-0.1, -0.05) is 30.3 Å². The maximum Gasteiger partial charge on any atom is 0.204 e. The molecule has 126 valence electrons. The zero-order valence-corrected chi connectivity index (χ0v) is 13.8. The van der Waals surface area contributed by atoms with Crippen molar-refractivity contribution in [3.05, 3.63) is 75.6 Å². The van der Waals surface area contributed by atoms with Gasteiger partial charge in [-0.2, -0.15) is 5.21 Å². The van der Waals surface area contributed by atoms with Gasteiger partial charge in [0.15, 0.2) is 5.43 Å². The van der Waals surface area contributed by atoms with Crippen molar-refractivity contribution in [2.24, 2.45) is 0 Å². The second-order valence-corrected chi connectivity index (χ2v) is 6.27. The molecule has 26 heavy (non-hydrogen) atoms. The highest BCUT2D eigenvalue weighted by Crippen LogP contribution is 2.34. The van der Waals surface area contributed by atoms with Crippen LogP contribution in [0.5, 0.6) is 0 Å². The molecule has 0 amide bonds. The van der Waals surface area contributed by atoms with Crippen LogP contribution in [0, 0.1) is 0 Å². The number of hydrogen-bond donors (Lipinski definition) is 1. The van der Waals surface area contributed by atoms with Crippen LogP contribution < -0.4 is 5.43 Å². The van der Waals surface area contributed by atoms with Crippen molar-refractivity contribution >= 4 is 22.6 Å². The third kappa shape index (κ3) is 2.35. The van der Waals surface area contributed by atoms with Crippen molar-refractivity contribution in [2.75, 3.05) is 0 Å². The fourth-order valence-corrected chi connectivity index (χ4v) is 3.40. The first-order valence-corrected chi connectivity index (χ1v) is 8.39. The van der Waals surface area contributed by atoms with Crippen molar-refractivity contribution in [3.63, 3.8) is 0 Å². The second-order valence-electron chi connectivity index (χ2n) is 6.27. The molecule has 0 saturated heterocycles. The molecule has 5 rings (SSSR count). The number of allylic oxidation sites excluding steroid dienone is 1. The van der Waals surface area contributed by atoms with E-state index in [-0.39, 0.29) is 5.43 Å². The average Bonchev–Trinajstić information content (AvgIpc) is 3.34.